The molecular formula is C30H52N10O8S. The molecule has 1 aromatic rings. The van der Waals surface area contributed by atoms with Crippen LogP contribution in [-0.2, 0) is 35.2 Å². The molecule has 6 atom stereocenters. The molecule has 5 amide bonds. The lowest BCUT2D eigenvalue weighted by Gasteiger charge is -2.26. The first-order valence-corrected chi connectivity index (χ1v) is 16.6. The van der Waals surface area contributed by atoms with Gasteiger partial charge in [0.05, 0.1) is 6.04 Å². The lowest BCUT2D eigenvalue weighted by molar-refractivity contribution is -0.142. The van der Waals surface area contributed by atoms with Gasteiger partial charge in [-0.25, -0.2) is 4.79 Å². The second-order valence-electron chi connectivity index (χ2n) is 11.3. The lowest BCUT2D eigenvalue weighted by atomic mass is 10.0. The third-order valence-corrected chi connectivity index (χ3v) is 7.74. The van der Waals surface area contributed by atoms with Crippen molar-refractivity contribution >= 4 is 48.1 Å². The van der Waals surface area contributed by atoms with Crippen LogP contribution in [0, 0.1) is 0 Å². The van der Waals surface area contributed by atoms with Gasteiger partial charge in [-0.15, -0.1) is 0 Å². The number of unbranched alkanes of at least 4 members (excludes halogenated alkanes) is 1. The van der Waals surface area contributed by atoms with Crippen LogP contribution in [0.4, 0.5) is 0 Å². The van der Waals surface area contributed by atoms with Gasteiger partial charge in [0.2, 0.25) is 29.5 Å². The SMILES string of the molecule is NCCCC[C@H](NC(=O)[C@@H](N)CCN)C(=O)N[C@@H](CS)C(=O)N[C@@H](CCN)C(=O)N[C@@H](CCN)C(=O)N[C@@H](Cc1ccc(O)cc1)C(=O)O. The number of amides is 5. The van der Waals surface area contributed by atoms with Crippen molar-refractivity contribution in [1.29, 1.82) is 0 Å². The molecule has 0 radical (unpaired) electrons. The molecule has 276 valence electrons. The standard InChI is InChI=1S/C30H52N10O8S/c31-11-2-1-3-20(36-25(42)19(35)8-12-32)26(43)40-24(16-49)29(46)38-21(9-13-33)27(44)37-22(10-14-34)28(45)39-23(30(47)48)15-17-4-6-18(41)7-5-17/h4-7,19-24,41,49H,1-3,8-16,31-35H2,(H,36,42)(H,37,44)(H,38,46)(H,39,45)(H,40,43)(H,47,48)/t19-,20-,21-,22-,23-,24-/m0/s1. The summed E-state index contributed by atoms with van der Waals surface area (Å²) >= 11 is 4.17. The number of nitrogens with one attached hydrogen (secondary N) is 5. The van der Waals surface area contributed by atoms with Gasteiger partial charge < -0.3 is 65.5 Å². The van der Waals surface area contributed by atoms with E-state index in [9.17, 15) is 39.0 Å². The van der Waals surface area contributed by atoms with E-state index in [0.29, 0.717) is 24.9 Å². The molecule has 0 saturated carbocycles. The molecule has 18 nitrogen and oxygen atoms in total. The van der Waals surface area contributed by atoms with Gasteiger partial charge in [0.15, 0.2) is 0 Å². The van der Waals surface area contributed by atoms with Crippen molar-refractivity contribution in [2.75, 3.05) is 31.9 Å². The molecule has 0 saturated heterocycles. The first-order chi connectivity index (χ1) is 23.3. The van der Waals surface area contributed by atoms with Gasteiger partial charge in [-0.2, -0.15) is 12.6 Å². The molecule has 0 bridgehead atoms. The van der Waals surface area contributed by atoms with Gasteiger partial charge >= 0.3 is 5.97 Å². The van der Waals surface area contributed by atoms with Gasteiger partial charge in [-0.1, -0.05) is 12.1 Å². The average Bonchev–Trinajstić information content (AvgIpc) is 3.06. The molecule has 0 spiro atoms. The smallest absolute Gasteiger partial charge is 0.326 e. The van der Waals surface area contributed by atoms with Crippen molar-refractivity contribution in [3.8, 4) is 5.75 Å². The van der Waals surface area contributed by atoms with E-state index in [0.717, 1.165) is 0 Å². The van der Waals surface area contributed by atoms with Crippen molar-refractivity contribution < 1.29 is 39.0 Å². The van der Waals surface area contributed by atoms with Crippen LogP contribution < -0.4 is 55.3 Å². The highest BCUT2D eigenvalue weighted by atomic mass is 32.1. The van der Waals surface area contributed by atoms with E-state index >= 15 is 0 Å². The summed E-state index contributed by atoms with van der Waals surface area (Å²) in [6, 6.07) is -1.33. The number of carbonyl (C=O) groups excluding carboxylic acids is 5. The van der Waals surface area contributed by atoms with Gasteiger partial charge in [0, 0.05) is 12.2 Å². The first-order valence-electron chi connectivity index (χ1n) is 16.0. The monoisotopic (exact) mass is 712 g/mol. The number of phenols is 1. The number of carboxylic acids is 1. The van der Waals surface area contributed by atoms with Gasteiger partial charge in [-0.05, 0) is 82.4 Å². The van der Waals surface area contributed by atoms with Crippen LogP contribution in [0.25, 0.3) is 0 Å². The number of carboxylic acid groups (broad SMARTS) is 1. The minimum absolute atomic E-state index is 0.0112. The van der Waals surface area contributed by atoms with Crippen LogP contribution in [-0.4, -0.2) is 114 Å². The number of phenolic OH excluding ortho intramolecular Hbond substituents is 1. The molecule has 0 aromatic heterocycles. The quantitative estimate of drug-likeness (QED) is 0.0358. The number of nitrogens with two attached hydrogens (primary N) is 5. The van der Waals surface area contributed by atoms with Crippen molar-refractivity contribution in [2.45, 2.75) is 81.2 Å². The molecule has 0 unspecified atom stereocenters. The highest BCUT2D eigenvalue weighted by molar-refractivity contribution is 7.80. The number of aliphatic carboxylic acids is 1. The Morgan fingerprint density at radius 1 is 0.592 bits per heavy atom. The number of hydrogen-bond donors (Lipinski definition) is 13. The van der Waals surface area contributed by atoms with Gasteiger partial charge in [0.1, 0.15) is 36.0 Å². The summed E-state index contributed by atoms with van der Waals surface area (Å²) < 4.78 is 0. The van der Waals surface area contributed by atoms with E-state index < -0.39 is 71.8 Å². The summed E-state index contributed by atoms with van der Waals surface area (Å²) in [6.45, 7) is 0.445. The minimum atomic E-state index is -1.37. The van der Waals surface area contributed by atoms with Crippen LogP contribution in [0.5, 0.6) is 5.75 Å². The Kier molecular flexibility index (Phi) is 20.5. The Bertz CT molecular complexity index is 1230. The Labute approximate surface area is 290 Å². The maximum Gasteiger partial charge on any atom is 0.326 e. The Balaban J connectivity index is 3.01. The Morgan fingerprint density at radius 2 is 1.02 bits per heavy atom. The number of aromatic hydroxyl groups is 1. The predicted octanol–water partition coefficient (Wildman–Crippen LogP) is -4.12. The number of benzene rings is 1. The summed E-state index contributed by atoms with van der Waals surface area (Å²) in [5.74, 6) is -5.20. The van der Waals surface area contributed by atoms with E-state index in [1.807, 2.05) is 0 Å². The third kappa shape index (κ3) is 15.8. The fourth-order valence-corrected chi connectivity index (χ4v) is 4.83. The normalized spacial score (nSPS) is 14.7. The molecule has 1 aromatic carbocycles. The van der Waals surface area contributed by atoms with E-state index in [-0.39, 0.29) is 63.2 Å². The third-order valence-electron chi connectivity index (χ3n) is 7.38. The molecule has 0 heterocycles. The summed E-state index contributed by atoms with van der Waals surface area (Å²) in [6.07, 6.45) is 1.27. The number of thiol groups is 1. The molecule has 49 heavy (non-hydrogen) atoms. The molecule has 0 fully saturated rings. The topological polar surface area (TPSA) is 333 Å². The maximum absolute atomic E-state index is 13.3. The molecular weight excluding hydrogens is 660 g/mol. The second-order valence-corrected chi connectivity index (χ2v) is 11.7. The maximum atomic E-state index is 13.3. The molecule has 0 aliphatic carbocycles. The van der Waals surface area contributed by atoms with Crippen molar-refractivity contribution in [1.82, 2.24) is 26.6 Å². The number of hydrogen-bond acceptors (Lipinski definition) is 13. The molecule has 1 rings (SSSR count). The minimum Gasteiger partial charge on any atom is -0.508 e. The summed E-state index contributed by atoms with van der Waals surface area (Å²) in [7, 11) is 0. The number of rotatable bonds is 24. The van der Waals surface area contributed by atoms with Crippen molar-refractivity contribution in [2.24, 2.45) is 28.7 Å². The fourth-order valence-electron chi connectivity index (χ4n) is 4.57. The Morgan fingerprint density at radius 3 is 1.47 bits per heavy atom. The lowest BCUT2D eigenvalue weighted by Crippen LogP contribution is -2.60. The van der Waals surface area contributed by atoms with Crippen molar-refractivity contribution in [3.63, 3.8) is 0 Å². The van der Waals surface area contributed by atoms with Crippen LogP contribution in [0.15, 0.2) is 24.3 Å². The van der Waals surface area contributed by atoms with Crippen LogP contribution >= 0.6 is 12.6 Å². The highest BCUT2D eigenvalue weighted by Crippen LogP contribution is 2.12. The van der Waals surface area contributed by atoms with E-state index in [1.165, 1.54) is 24.3 Å². The largest absolute Gasteiger partial charge is 0.508 e. The zero-order valence-electron chi connectivity index (χ0n) is 27.4. The summed E-state index contributed by atoms with van der Waals surface area (Å²) in [5, 5.41) is 31.7. The molecule has 17 N–H and O–H groups in total. The summed E-state index contributed by atoms with van der Waals surface area (Å²) in [4.78, 5) is 77.3. The molecule has 19 heteroatoms. The van der Waals surface area contributed by atoms with E-state index in [4.69, 9.17) is 28.7 Å². The van der Waals surface area contributed by atoms with Gasteiger partial charge in [0.25, 0.3) is 0 Å². The first kappa shape index (κ1) is 43.0. The van der Waals surface area contributed by atoms with Crippen LogP contribution in [0.1, 0.15) is 44.1 Å². The Hall–Kier alpha value is -4.01. The molecule has 0 aliphatic rings. The zero-order valence-corrected chi connectivity index (χ0v) is 28.3. The van der Waals surface area contributed by atoms with Gasteiger partial charge in [-0.3, -0.25) is 24.0 Å². The highest BCUT2D eigenvalue weighted by Gasteiger charge is 2.32. The van der Waals surface area contributed by atoms with E-state index in [2.05, 4.69) is 39.2 Å². The number of carbonyl (C=O) groups is 6. The molecule has 0 aliphatic heterocycles. The van der Waals surface area contributed by atoms with Crippen LogP contribution in [0.2, 0.25) is 0 Å². The van der Waals surface area contributed by atoms with Crippen molar-refractivity contribution in [3.05, 3.63) is 29.8 Å². The second kappa shape index (κ2) is 23.4. The predicted molar refractivity (Wildman–Crippen MR) is 185 cm³/mol. The summed E-state index contributed by atoms with van der Waals surface area (Å²) in [5.41, 5.74) is 28.7. The fraction of sp³-hybridized carbons (Fsp3) is 0.600. The van der Waals surface area contributed by atoms with Crippen LogP contribution in [0.3, 0.4) is 0 Å². The van der Waals surface area contributed by atoms with E-state index in [1.54, 1.807) is 0 Å². The average molecular weight is 713 g/mol. The zero-order chi connectivity index (χ0) is 36.9.